The number of anilines is 1. The Morgan fingerprint density at radius 3 is 2.36 bits per heavy atom. The number of allylic oxidation sites excluding steroid dienone is 1. The second kappa shape index (κ2) is 13.1. The molecule has 0 saturated heterocycles. The van der Waals surface area contributed by atoms with Crippen molar-refractivity contribution in [1.29, 1.82) is 0 Å². The Kier molecular flexibility index (Phi) is 9.29. The molecule has 0 fully saturated rings. The summed E-state index contributed by atoms with van der Waals surface area (Å²) in [6.45, 7) is 7.96. The maximum absolute atomic E-state index is 14.4. The molecule has 5 rings (SSSR count). The highest BCUT2D eigenvalue weighted by molar-refractivity contribution is 7.07. The first-order valence-electron chi connectivity index (χ1n) is 15.0. The lowest BCUT2D eigenvalue weighted by atomic mass is 9.95. The summed E-state index contributed by atoms with van der Waals surface area (Å²) in [6.07, 6.45) is 4.93. The van der Waals surface area contributed by atoms with Crippen LogP contribution in [0.4, 0.5) is 5.69 Å². The number of hydrogen-bond donors (Lipinski definition) is 0. The van der Waals surface area contributed by atoms with E-state index in [2.05, 4.69) is 11.9 Å². The molecule has 1 aromatic heterocycles. The number of fused-ring (bicyclic) bond motifs is 2. The number of unbranched alkanes of at least 4 members (excludes halogenated alkanes) is 4. The molecule has 230 valence electrons. The lowest BCUT2D eigenvalue weighted by Gasteiger charge is -2.25. The van der Waals surface area contributed by atoms with Crippen LogP contribution in [0.15, 0.2) is 69.6 Å². The summed E-state index contributed by atoms with van der Waals surface area (Å²) in [5.74, 6) is -1.29. The maximum Gasteiger partial charge on any atom is 0.338 e. The third-order valence-electron chi connectivity index (χ3n) is 7.84. The predicted molar refractivity (Wildman–Crippen MR) is 169 cm³/mol. The molecule has 2 aliphatic heterocycles. The van der Waals surface area contributed by atoms with E-state index in [-0.39, 0.29) is 16.0 Å². The number of benzene rings is 2. The van der Waals surface area contributed by atoms with Crippen molar-refractivity contribution < 1.29 is 23.9 Å². The number of aromatic nitrogens is 1. The molecule has 1 atom stereocenters. The minimum absolute atomic E-state index is 0.207. The van der Waals surface area contributed by atoms with Gasteiger partial charge >= 0.3 is 11.9 Å². The van der Waals surface area contributed by atoms with E-state index in [4.69, 9.17) is 9.47 Å². The number of ether oxygens (including phenoxy) is 2. The van der Waals surface area contributed by atoms with E-state index < -0.39 is 29.6 Å². The molecule has 44 heavy (non-hydrogen) atoms. The number of nitrogens with zero attached hydrogens (tertiary/aromatic N) is 3. The van der Waals surface area contributed by atoms with Crippen LogP contribution in [0.2, 0.25) is 0 Å². The van der Waals surface area contributed by atoms with Gasteiger partial charge in [0.1, 0.15) is 4.53 Å². The number of rotatable bonds is 10. The molecule has 0 radical (unpaired) electrons. The van der Waals surface area contributed by atoms with E-state index in [0.29, 0.717) is 39.3 Å². The zero-order valence-electron chi connectivity index (χ0n) is 25.7. The summed E-state index contributed by atoms with van der Waals surface area (Å²) in [4.78, 5) is 60.7. The maximum atomic E-state index is 14.4. The summed E-state index contributed by atoms with van der Waals surface area (Å²) < 4.78 is 12.2. The van der Waals surface area contributed by atoms with Gasteiger partial charge in [-0.05, 0) is 51.0 Å². The van der Waals surface area contributed by atoms with Crippen LogP contribution in [0.1, 0.15) is 87.3 Å². The number of thiazole rings is 1. The van der Waals surface area contributed by atoms with Gasteiger partial charge in [-0.2, -0.15) is 0 Å². The molecule has 0 aliphatic carbocycles. The molecule has 3 heterocycles. The fourth-order valence-corrected chi connectivity index (χ4v) is 6.88. The number of carbonyl (C=O) groups is 3. The fraction of sp³-hybridized carbons (Fsp3) is 0.382. The van der Waals surface area contributed by atoms with Gasteiger partial charge in [-0.1, -0.05) is 74.3 Å². The average molecular weight is 616 g/mol. The van der Waals surface area contributed by atoms with Gasteiger partial charge in [-0.25, -0.2) is 14.6 Å². The minimum atomic E-state index is -0.875. The van der Waals surface area contributed by atoms with E-state index >= 15 is 0 Å². The SMILES string of the molecule is CCCCCCCN1C(=O)C(=c2sc3n(c2=O)C(c2ccc(C(=O)OC)cc2)C(C(=O)OC(C)C)=C(C)N=3)c2ccccc21. The van der Waals surface area contributed by atoms with Crippen LogP contribution in [0.5, 0.6) is 0 Å². The van der Waals surface area contributed by atoms with Crippen molar-refractivity contribution in [2.24, 2.45) is 4.99 Å². The smallest absolute Gasteiger partial charge is 0.338 e. The number of esters is 2. The number of para-hydroxylation sites is 1. The molecule has 3 aromatic rings. The normalized spacial score (nSPS) is 17.0. The van der Waals surface area contributed by atoms with Gasteiger partial charge in [0.15, 0.2) is 4.80 Å². The van der Waals surface area contributed by atoms with Gasteiger partial charge in [0.05, 0.1) is 47.3 Å². The monoisotopic (exact) mass is 615 g/mol. The first kappa shape index (κ1) is 31.1. The quantitative estimate of drug-likeness (QED) is 0.243. The van der Waals surface area contributed by atoms with Crippen LogP contribution < -0.4 is 19.8 Å². The third kappa shape index (κ3) is 5.78. The Morgan fingerprint density at radius 2 is 1.68 bits per heavy atom. The molecular formula is C34H37N3O6S. The lowest BCUT2D eigenvalue weighted by Crippen LogP contribution is -2.41. The lowest BCUT2D eigenvalue weighted by molar-refractivity contribution is -0.143. The van der Waals surface area contributed by atoms with Crippen molar-refractivity contribution in [2.45, 2.75) is 71.9 Å². The number of hydrogen-bond acceptors (Lipinski definition) is 8. The Morgan fingerprint density at radius 1 is 0.977 bits per heavy atom. The second-order valence-electron chi connectivity index (χ2n) is 11.2. The van der Waals surface area contributed by atoms with Crippen LogP contribution in [0.3, 0.4) is 0 Å². The number of carbonyl (C=O) groups excluding carboxylic acids is 3. The van der Waals surface area contributed by atoms with Crippen molar-refractivity contribution in [3.63, 3.8) is 0 Å². The van der Waals surface area contributed by atoms with E-state index in [1.807, 2.05) is 24.3 Å². The van der Waals surface area contributed by atoms with Crippen molar-refractivity contribution in [3.8, 4) is 0 Å². The van der Waals surface area contributed by atoms with Gasteiger partial charge in [0.25, 0.3) is 11.5 Å². The average Bonchev–Trinajstić information content (AvgIpc) is 3.47. The third-order valence-corrected chi connectivity index (χ3v) is 8.90. The molecule has 9 nitrogen and oxygen atoms in total. The summed E-state index contributed by atoms with van der Waals surface area (Å²) in [6, 6.07) is 13.2. The zero-order valence-corrected chi connectivity index (χ0v) is 26.5. The van der Waals surface area contributed by atoms with E-state index in [1.165, 1.54) is 11.7 Å². The fourth-order valence-electron chi connectivity index (χ4n) is 5.74. The van der Waals surface area contributed by atoms with Gasteiger partial charge in [-0.15, -0.1) is 0 Å². The molecule has 2 aliphatic rings. The number of amides is 1. The van der Waals surface area contributed by atoms with Crippen LogP contribution in [0, 0.1) is 0 Å². The molecule has 0 N–H and O–H groups in total. The topological polar surface area (TPSA) is 107 Å². The Bertz CT molecular complexity index is 1820. The van der Waals surface area contributed by atoms with Crippen LogP contribution in [-0.4, -0.2) is 42.2 Å². The molecule has 0 saturated carbocycles. The first-order valence-corrected chi connectivity index (χ1v) is 15.8. The Labute approximate surface area is 260 Å². The summed E-state index contributed by atoms with van der Waals surface area (Å²) in [5, 5.41) is 0. The molecule has 0 bridgehead atoms. The molecule has 10 heteroatoms. The molecular weight excluding hydrogens is 578 g/mol. The van der Waals surface area contributed by atoms with E-state index in [0.717, 1.165) is 49.1 Å². The van der Waals surface area contributed by atoms with Crippen LogP contribution in [-0.2, 0) is 19.1 Å². The van der Waals surface area contributed by atoms with Gasteiger partial charge < -0.3 is 14.4 Å². The summed E-state index contributed by atoms with van der Waals surface area (Å²) >= 11 is 1.14. The highest BCUT2D eigenvalue weighted by Crippen LogP contribution is 2.36. The molecule has 0 spiro atoms. The van der Waals surface area contributed by atoms with Crippen molar-refractivity contribution in [2.75, 3.05) is 18.6 Å². The van der Waals surface area contributed by atoms with E-state index in [1.54, 1.807) is 49.9 Å². The molecule has 2 aromatic carbocycles. The van der Waals surface area contributed by atoms with Crippen LogP contribution in [0.25, 0.3) is 5.57 Å². The minimum Gasteiger partial charge on any atom is -0.465 e. The second-order valence-corrected chi connectivity index (χ2v) is 12.2. The van der Waals surface area contributed by atoms with Gasteiger partial charge in [-0.3, -0.25) is 14.2 Å². The van der Waals surface area contributed by atoms with Crippen molar-refractivity contribution in [1.82, 2.24) is 4.57 Å². The highest BCUT2D eigenvalue weighted by atomic mass is 32.1. The van der Waals surface area contributed by atoms with Gasteiger partial charge in [0, 0.05) is 12.1 Å². The molecule has 1 unspecified atom stereocenters. The van der Waals surface area contributed by atoms with Crippen LogP contribution >= 0.6 is 11.3 Å². The first-order chi connectivity index (χ1) is 21.2. The zero-order chi connectivity index (χ0) is 31.5. The Hall–Kier alpha value is -4.31. The number of methoxy groups -OCH3 is 1. The summed E-state index contributed by atoms with van der Waals surface area (Å²) in [5.41, 5.74) is 3.01. The van der Waals surface area contributed by atoms with Crippen molar-refractivity contribution in [3.05, 3.63) is 96.2 Å². The van der Waals surface area contributed by atoms with Gasteiger partial charge in [0.2, 0.25) is 0 Å². The standard InChI is InChI=1S/C34H37N3O6S/c1-6-7-8-9-12-19-36-25-14-11-10-13-24(25)27(30(36)38)29-31(39)37-28(22-15-17-23(18-16-22)32(40)42-5)26(33(41)43-20(2)3)21(4)35-34(37)44-29/h10-11,13-18,20,28H,6-9,12,19H2,1-5H3. The predicted octanol–water partition coefficient (Wildman–Crippen LogP) is 4.66. The van der Waals surface area contributed by atoms with Crippen molar-refractivity contribution >= 4 is 40.4 Å². The van der Waals surface area contributed by atoms with E-state index in [9.17, 15) is 19.2 Å². The highest BCUT2D eigenvalue weighted by Gasteiger charge is 2.37. The Balaban J connectivity index is 1.67. The summed E-state index contributed by atoms with van der Waals surface area (Å²) in [7, 11) is 1.30. The largest absolute Gasteiger partial charge is 0.465 e. The molecule has 1 amide bonds.